The summed E-state index contributed by atoms with van der Waals surface area (Å²) in [6.07, 6.45) is 2.70. The van der Waals surface area contributed by atoms with E-state index in [4.69, 9.17) is 0 Å². The van der Waals surface area contributed by atoms with Gasteiger partial charge in [0.25, 0.3) is 5.91 Å². The number of nitrogens with zero attached hydrogens (tertiary/aromatic N) is 3. The topological polar surface area (TPSA) is 93.0 Å². The molecule has 0 unspecified atom stereocenters. The highest BCUT2D eigenvalue weighted by Gasteiger charge is 2.24. The number of ether oxygens (including phenoxy) is 1. The second-order valence-corrected chi connectivity index (χ2v) is 7.21. The third-order valence-electron chi connectivity index (χ3n) is 3.26. The van der Waals surface area contributed by atoms with Crippen molar-refractivity contribution < 1.29 is 14.3 Å². The summed E-state index contributed by atoms with van der Waals surface area (Å²) in [7, 11) is 1.25. The Morgan fingerprint density at radius 1 is 1.38 bits per heavy atom. The number of carbonyl (C=O) groups is 2. The van der Waals surface area contributed by atoms with Crippen LogP contribution in [0, 0.1) is 6.92 Å². The van der Waals surface area contributed by atoms with Crippen LogP contribution >= 0.6 is 23.1 Å². The Kier molecular flexibility index (Phi) is 5.59. The minimum absolute atomic E-state index is 0.215. The van der Waals surface area contributed by atoms with Gasteiger partial charge in [-0.25, -0.2) is 9.78 Å². The molecule has 26 heavy (non-hydrogen) atoms. The quantitative estimate of drug-likeness (QED) is 0.377. The van der Waals surface area contributed by atoms with Gasteiger partial charge < -0.3 is 4.74 Å². The van der Waals surface area contributed by atoms with Gasteiger partial charge in [-0.2, -0.15) is 5.10 Å². The Hall–Kier alpha value is -2.78. The Balaban J connectivity index is 1.71. The van der Waals surface area contributed by atoms with Gasteiger partial charge in [0, 0.05) is 17.0 Å². The van der Waals surface area contributed by atoms with Crippen LogP contribution in [0.5, 0.6) is 0 Å². The zero-order chi connectivity index (χ0) is 18.5. The number of esters is 1. The summed E-state index contributed by atoms with van der Waals surface area (Å²) >= 11 is 2.63. The van der Waals surface area contributed by atoms with Crippen molar-refractivity contribution in [1.29, 1.82) is 0 Å². The fraction of sp³-hybridized carbons (Fsp3) is 0.118. The number of rotatable bonds is 4. The predicted molar refractivity (Wildman–Crippen MR) is 103 cm³/mol. The van der Waals surface area contributed by atoms with Crippen LogP contribution in [0.15, 0.2) is 50.8 Å². The second kappa shape index (κ2) is 8.07. The van der Waals surface area contributed by atoms with Crippen molar-refractivity contribution in [1.82, 2.24) is 10.3 Å². The highest BCUT2D eigenvalue weighted by atomic mass is 32.2. The Morgan fingerprint density at radius 2 is 2.23 bits per heavy atom. The van der Waals surface area contributed by atoms with Gasteiger partial charge >= 0.3 is 5.97 Å². The van der Waals surface area contributed by atoms with Gasteiger partial charge in [0.2, 0.25) is 0 Å². The molecule has 9 heteroatoms. The van der Waals surface area contributed by atoms with Crippen LogP contribution in [0.2, 0.25) is 0 Å². The smallest absolute Gasteiger partial charge is 0.331 e. The van der Waals surface area contributed by atoms with Gasteiger partial charge in [0.1, 0.15) is 0 Å². The number of amides is 1. The summed E-state index contributed by atoms with van der Waals surface area (Å²) < 4.78 is 4.50. The van der Waals surface area contributed by atoms with Crippen molar-refractivity contribution in [3.05, 3.63) is 51.2 Å². The van der Waals surface area contributed by atoms with Gasteiger partial charge in [-0.15, -0.1) is 16.4 Å². The fourth-order valence-corrected chi connectivity index (χ4v) is 3.42. The molecule has 0 aliphatic carbocycles. The molecule has 1 aliphatic heterocycles. The van der Waals surface area contributed by atoms with Gasteiger partial charge in [-0.3, -0.25) is 10.1 Å². The molecule has 1 aromatic heterocycles. The molecule has 0 radical (unpaired) electrons. The first-order chi connectivity index (χ1) is 12.5. The number of nitrogens with one attached hydrogen (secondary N) is 1. The zero-order valence-corrected chi connectivity index (χ0v) is 15.6. The molecule has 2 heterocycles. The molecule has 1 amide bonds. The van der Waals surface area contributed by atoms with Gasteiger partial charge in [0.15, 0.2) is 5.17 Å². The summed E-state index contributed by atoms with van der Waals surface area (Å²) in [5.74, 6) is -1.00. The van der Waals surface area contributed by atoms with E-state index in [9.17, 15) is 9.59 Å². The molecule has 0 spiro atoms. The molecule has 1 aromatic carbocycles. The third-order valence-corrected chi connectivity index (χ3v) is 4.93. The first-order valence-corrected chi connectivity index (χ1v) is 9.17. The maximum Gasteiger partial charge on any atom is 0.331 e. The summed E-state index contributed by atoms with van der Waals surface area (Å²) in [6.45, 7) is 1.96. The van der Waals surface area contributed by atoms with E-state index in [0.29, 0.717) is 5.17 Å². The van der Waals surface area contributed by atoms with Crippen LogP contribution in [0.25, 0.3) is 11.3 Å². The standard InChI is InChI=1S/C17H14N4O3S2/c1-10-19-13(9-25-10)12-5-3-4-11(6-12)8-18-21-17-20-16(23)14(26-17)7-15(22)24-2/h3-9H,1-2H3,(H,20,21,23)/b14-7+,18-8?. The highest BCUT2D eigenvalue weighted by Crippen LogP contribution is 2.24. The molecule has 0 saturated carbocycles. The van der Waals surface area contributed by atoms with E-state index in [2.05, 4.69) is 25.2 Å². The SMILES string of the molecule is COC(=O)/C=C1/S/C(=N\N=Cc2cccc(-c3csc(C)n3)c2)NC1=O. The van der Waals surface area contributed by atoms with E-state index < -0.39 is 11.9 Å². The van der Waals surface area contributed by atoms with Crippen molar-refractivity contribution in [2.45, 2.75) is 6.92 Å². The van der Waals surface area contributed by atoms with E-state index in [1.807, 2.05) is 36.6 Å². The number of carbonyl (C=O) groups excluding carboxylic acids is 2. The lowest BCUT2D eigenvalue weighted by Gasteiger charge is -1.98. The number of amidine groups is 1. The Morgan fingerprint density at radius 3 is 2.96 bits per heavy atom. The molecule has 0 atom stereocenters. The van der Waals surface area contributed by atoms with Crippen LogP contribution in [0.1, 0.15) is 10.6 Å². The molecule has 7 nitrogen and oxygen atoms in total. The van der Waals surface area contributed by atoms with Crippen molar-refractivity contribution in [3.63, 3.8) is 0 Å². The first-order valence-electron chi connectivity index (χ1n) is 7.47. The lowest BCUT2D eigenvalue weighted by Crippen LogP contribution is -2.19. The van der Waals surface area contributed by atoms with E-state index in [0.717, 1.165) is 39.7 Å². The number of aryl methyl sites for hydroxylation is 1. The fourth-order valence-electron chi connectivity index (χ4n) is 2.06. The second-order valence-electron chi connectivity index (χ2n) is 5.11. The molecule has 1 fully saturated rings. The van der Waals surface area contributed by atoms with E-state index in [-0.39, 0.29) is 4.91 Å². The van der Waals surface area contributed by atoms with E-state index in [1.165, 1.54) is 7.11 Å². The Labute approximate surface area is 157 Å². The van der Waals surface area contributed by atoms with Gasteiger partial charge in [-0.05, 0) is 30.3 Å². The molecule has 1 N–H and O–H groups in total. The lowest BCUT2D eigenvalue weighted by atomic mass is 10.1. The van der Waals surface area contributed by atoms with Crippen molar-refractivity contribution in [3.8, 4) is 11.3 Å². The molecular weight excluding hydrogens is 372 g/mol. The highest BCUT2D eigenvalue weighted by molar-refractivity contribution is 8.18. The van der Waals surface area contributed by atoms with Crippen LogP contribution in [0.3, 0.4) is 0 Å². The van der Waals surface area contributed by atoms with Crippen molar-refractivity contribution in [2.75, 3.05) is 7.11 Å². The number of aromatic nitrogens is 1. The van der Waals surface area contributed by atoms with E-state index in [1.54, 1.807) is 17.6 Å². The number of methoxy groups -OCH3 is 1. The van der Waals surface area contributed by atoms with Crippen molar-refractivity contribution >= 4 is 46.4 Å². The summed E-state index contributed by atoms with van der Waals surface area (Å²) in [5.41, 5.74) is 2.78. The molecular formula is C17H14N4O3S2. The Bertz CT molecular complexity index is 947. The number of thiazole rings is 1. The van der Waals surface area contributed by atoms with Crippen LogP contribution in [-0.2, 0) is 14.3 Å². The monoisotopic (exact) mass is 386 g/mol. The number of thioether (sulfide) groups is 1. The first kappa shape index (κ1) is 18.0. The van der Waals surface area contributed by atoms with E-state index >= 15 is 0 Å². The molecule has 132 valence electrons. The zero-order valence-electron chi connectivity index (χ0n) is 13.9. The van der Waals surface area contributed by atoms with Gasteiger partial charge in [0.05, 0.1) is 28.9 Å². The normalized spacial score (nSPS) is 17.2. The molecule has 1 aliphatic rings. The largest absolute Gasteiger partial charge is 0.466 e. The average molecular weight is 386 g/mol. The number of hydrogen-bond donors (Lipinski definition) is 1. The molecule has 2 aromatic rings. The molecule has 3 rings (SSSR count). The summed E-state index contributed by atoms with van der Waals surface area (Å²) in [5, 5.41) is 13.8. The van der Waals surface area contributed by atoms with Crippen LogP contribution in [-0.4, -0.2) is 35.4 Å². The molecule has 1 saturated heterocycles. The average Bonchev–Trinajstić information content (AvgIpc) is 3.21. The van der Waals surface area contributed by atoms with Gasteiger partial charge in [-0.1, -0.05) is 18.2 Å². The molecule has 0 bridgehead atoms. The van der Waals surface area contributed by atoms with Crippen molar-refractivity contribution in [2.24, 2.45) is 10.2 Å². The van der Waals surface area contributed by atoms with Crippen LogP contribution < -0.4 is 5.32 Å². The minimum Gasteiger partial charge on any atom is -0.466 e. The summed E-state index contributed by atoms with van der Waals surface area (Å²) in [4.78, 5) is 27.6. The predicted octanol–water partition coefficient (Wildman–Crippen LogP) is 2.73. The maximum atomic E-state index is 11.7. The lowest BCUT2D eigenvalue weighted by molar-refractivity contribution is -0.135. The summed E-state index contributed by atoms with van der Waals surface area (Å²) in [6, 6.07) is 7.76. The third kappa shape index (κ3) is 4.44. The number of hydrogen-bond acceptors (Lipinski definition) is 8. The van der Waals surface area contributed by atoms with Crippen LogP contribution in [0.4, 0.5) is 0 Å². The number of benzene rings is 1. The maximum absolute atomic E-state index is 11.7. The minimum atomic E-state index is -0.596.